The minimum atomic E-state index is 0.361. The van der Waals surface area contributed by atoms with E-state index in [-0.39, 0.29) is 0 Å². The van der Waals surface area contributed by atoms with Gasteiger partial charge >= 0.3 is 0 Å². The maximum atomic E-state index is 10.1. The number of carbonyl (C=O) groups excluding carboxylic acids is 1. The van der Waals surface area contributed by atoms with Gasteiger partial charge in [-0.3, -0.25) is 0 Å². The molecule has 0 saturated carbocycles. The normalized spacial score (nSPS) is 13.3. The zero-order valence-electron chi connectivity index (χ0n) is 6.42. The minimum absolute atomic E-state index is 0.361. The van der Waals surface area contributed by atoms with Crippen molar-refractivity contribution in [3.8, 4) is 0 Å². The molecule has 0 amide bonds. The van der Waals surface area contributed by atoms with Crippen molar-refractivity contribution in [2.75, 3.05) is 0 Å². The quantitative estimate of drug-likeness (QED) is 0.421. The van der Waals surface area contributed by atoms with Crippen molar-refractivity contribution in [2.24, 2.45) is 5.92 Å². The fraction of sp³-hybridized carbons (Fsp3) is 0.444. The van der Waals surface area contributed by atoms with Crippen molar-refractivity contribution in [3.63, 3.8) is 0 Å². The van der Waals surface area contributed by atoms with Gasteiger partial charge in [0, 0.05) is 6.42 Å². The van der Waals surface area contributed by atoms with Crippen molar-refractivity contribution in [1.29, 1.82) is 0 Å². The van der Waals surface area contributed by atoms with Crippen LogP contribution >= 0.6 is 0 Å². The first kappa shape index (κ1) is 9.15. The highest BCUT2D eigenvalue weighted by molar-refractivity contribution is 5.50. The summed E-state index contributed by atoms with van der Waals surface area (Å²) in [6.07, 6.45) is 8.30. The van der Waals surface area contributed by atoms with Crippen molar-refractivity contribution in [2.45, 2.75) is 19.8 Å². The van der Waals surface area contributed by atoms with Gasteiger partial charge in [-0.25, -0.2) is 0 Å². The number of aldehydes is 1. The fourth-order valence-corrected chi connectivity index (χ4v) is 0.863. The minimum Gasteiger partial charge on any atom is -0.303 e. The Morgan fingerprint density at radius 3 is 2.60 bits per heavy atom. The Bertz CT molecular complexity index is 115. The predicted molar refractivity (Wildman–Crippen MR) is 43.8 cm³/mol. The van der Waals surface area contributed by atoms with E-state index in [1.165, 1.54) is 0 Å². The molecule has 0 aromatic rings. The summed E-state index contributed by atoms with van der Waals surface area (Å²) in [5.41, 5.74) is 0. The molecule has 0 aliphatic heterocycles. The molecule has 1 nitrogen and oxygen atoms in total. The summed E-state index contributed by atoms with van der Waals surface area (Å²) in [7, 11) is 0. The van der Waals surface area contributed by atoms with Crippen LogP contribution in [0, 0.1) is 5.92 Å². The first-order chi connectivity index (χ1) is 4.85. The molecule has 0 bridgehead atoms. The lowest BCUT2D eigenvalue weighted by atomic mass is 10.0. The molecule has 0 aromatic carbocycles. The largest absolute Gasteiger partial charge is 0.303 e. The van der Waals surface area contributed by atoms with Gasteiger partial charge in [0.15, 0.2) is 0 Å². The van der Waals surface area contributed by atoms with Crippen LogP contribution in [0.15, 0.2) is 24.8 Å². The number of rotatable bonds is 5. The van der Waals surface area contributed by atoms with E-state index in [0.29, 0.717) is 12.3 Å². The Kier molecular flexibility index (Phi) is 5.74. The molecule has 0 radical (unpaired) electrons. The van der Waals surface area contributed by atoms with Crippen LogP contribution in [0.3, 0.4) is 0 Å². The monoisotopic (exact) mass is 138 g/mol. The van der Waals surface area contributed by atoms with E-state index >= 15 is 0 Å². The third kappa shape index (κ3) is 4.07. The van der Waals surface area contributed by atoms with Gasteiger partial charge in [0.05, 0.1) is 0 Å². The molecule has 0 saturated heterocycles. The summed E-state index contributed by atoms with van der Waals surface area (Å²) in [4.78, 5) is 10.1. The lowest BCUT2D eigenvalue weighted by Crippen LogP contribution is -1.94. The standard InChI is InChI=1S/C9H14O/c1-3-5-9(6-4-2)7-8-10/h3-4,6,8-9H,1,5,7H2,2H3. The Balaban J connectivity index is 3.70. The summed E-state index contributed by atoms with van der Waals surface area (Å²) < 4.78 is 0. The Morgan fingerprint density at radius 1 is 1.50 bits per heavy atom. The molecule has 0 heterocycles. The first-order valence-electron chi connectivity index (χ1n) is 3.52. The summed E-state index contributed by atoms with van der Waals surface area (Å²) in [5, 5.41) is 0. The van der Waals surface area contributed by atoms with E-state index in [1.54, 1.807) is 0 Å². The average Bonchev–Trinajstić information content (AvgIpc) is 1.90. The highest BCUT2D eigenvalue weighted by Gasteiger charge is 1.98. The van der Waals surface area contributed by atoms with E-state index in [0.717, 1.165) is 12.7 Å². The third-order valence-electron chi connectivity index (χ3n) is 1.33. The molecular formula is C9H14O. The zero-order valence-corrected chi connectivity index (χ0v) is 6.42. The topological polar surface area (TPSA) is 17.1 Å². The number of hydrogen-bond acceptors (Lipinski definition) is 1. The van der Waals surface area contributed by atoms with Gasteiger partial charge < -0.3 is 4.79 Å². The van der Waals surface area contributed by atoms with E-state index in [1.807, 2.05) is 25.2 Å². The molecule has 0 N–H and O–H groups in total. The Hall–Kier alpha value is -0.850. The van der Waals surface area contributed by atoms with Crippen molar-refractivity contribution < 1.29 is 4.79 Å². The van der Waals surface area contributed by atoms with Crippen molar-refractivity contribution in [3.05, 3.63) is 24.8 Å². The van der Waals surface area contributed by atoms with Crippen LogP contribution < -0.4 is 0 Å². The van der Waals surface area contributed by atoms with Crippen LogP contribution in [0.2, 0.25) is 0 Å². The van der Waals surface area contributed by atoms with E-state index in [9.17, 15) is 4.79 Å². The molecule has 1 unspecified atom stereocenters. The summed E-state index contributed by atoms with van der Waals surface area (Å²) >= 11 is 0. The molecule has 0 rings (SSSR count). The van der Waals surface area contributed by atoms with Gasteiger partial charge in [-0.2, -0.15) is 0 Å². The maximum Gasteiger partial charge on any atom is 0.120 e. The van der Waals surface area contributed by atoms with Gasteiger partial charge in [0.2, 0.25) is 0 Å². The Morgan fingerprint density at radius 2 is 2.20 bits per heavy atom. The summed E-state index contributed by atoms with van der Waals surface area (Å²) in [6.45, 7) is 5.57. The molecule has 10 heavy (non-hydrogen) atoms. The maximum absolute atomic E-state index is 10.1. The van der Waals surface area contributed by atoms with E-state index < -0.39 is 0 Å². The molecule has 0 spiro atoms. The van der Waals surface area contributed by atoms with Gasteiger partial charge in [0.25, 0.3) is 0 Å². The molecular weight excluding hydrogens is 124 g/mol. The molecule has 0 aromatic heterocycles. The molecule has 1 atom stereocenters. The lowest BCUT2D eigenvalue weighted by Gasteiger charge is -2.02. The smallest absolute Gasteiger partial charge is 0.120 e. The summed E-state index contributed by atoms with van der Waals surface area (Å²) in [5.74, 6) is 0.361. The second-order valence-electron chi connectivity index (χ2n) is 2.21. The molecule has 0 aliphatic carbocycles. The van der Waals surface area contributed by atoms with Gasteiger partial charge in [0.1, 0.15) is 6.29 Å². The van der Waals surface area contributed by atoms with Crippen LogP contribution in [0.25, 0.3) is 0 Å². The third-order valence-corrected chi connectivity index (χ3v) is 1.33. The van der Waals surface area contributed by atoms with Crippen LogP contribution in [0.5, 0.6) is 0 Å². The fourth-order valence-electron chi connectivity index (χ4n) is 0.863. The Labute approximate surface area is 62.4 Å². The van der Waals surface area contributed by atoms with Gasteiger partial charge in [-0.15, -0.1) is 6.58 Å². The van der Waals surface area contributed by atoms with E-state index in [2.05, 4.69) is 6.58 Å². The van der Waals surface area contributed by atoms with Crippen molar-refractivity contribution in [1.82, 2.24) is 0 Å². The highest BCUT2D eigenvalue weighted by Crippen LogP contribution is 2.08. The number of carbonyl (C=O) groups is 1. The molecule has 0 aliphatic rings. The second-order valence-corrected chi connectivity index (χ2v) is 2.21. The lowest BCUT2D eigenvalue weighted by molar-refractivity contribution is -0.108. The highest BCUT2D eigenvalue weighted by atomic mass is 16.1. The number of allylic oxidation sites excluding steroid dienone is 3. The zero-order chi connectivity index (χ0) is 7.82. The molecule has 1 heteroatoms. The first-order valence-corrected chi connectivity index (χ1v) is 3.52. The van der Waals surface area contributed by atoms with Crippen LogP contribution in [0.4, 0.5) is 0 Å². The van der Waals surface area contributed by atoms with Crippen molar-refractivity contribution >= 4 is 6.29 Å². The van der Waals surface area contributed by atoms with Gasteiger partial charge in [-0.1, -0.05) is 18.2 Å². The molecule has 56 valence electrons. The number of hydrogen-bond donors (Lipinski definition) is 0. The predicted octanol–water partition coefficient (Wildman–Crippen LogP) is 2.34. The second kappa shape index (κ2) is 6.27. The SMILES string of the molecule is C=CCC(C=CC)CC=O. The van der Waals surface area contributed by atoms with Gasteiger partial charge in [-0.05, 0) is 19.3 Å². The van der Waals surface area contributed by atoms with Crippen LogP contribution in [-0.4, -0.2) is 6.29 Å². The average molecular weight is 138 g/mol. The molecule has 0 fully saturated rings. The summed E-state index contributed by atoms with van der Waals surface area (Å²) in [6, 6.07) is 0. The van der Waals surface area contributed by atoms with Crippen LogP contribution in [-0.2, 0) is 4.79 Å². The van der Waals surface area contributed by atoms with Crippen LogP contribution in [0.1, 0.15) is 19.8 Å². The van der Waals surface area contributed by atoms with E-state index in [4.69, 9.17) is 0 Å².